The maximum Gasteiger partial charge on any atom is 0.276 e. The summed E-state index contributed by atoms with van der Waals surface area (Å²) in [6.45, 7) is 2.50. The van der Waals surface area contributed by atoms with E-state index in [1.807, 2.05) is 18.9 Å². The van der Waals surface area contributed by atoms with Gasteiger partial charge in [0, 0.05) is 19.7 Å². The van der Waals surface area contributed by atoms with Crippen LogP contribution in [0.15, 0.2) is 41.1 Å². The molecule has 2 atom stereocenters. The number of hydrogen-bond donors (Lipinski definition) is 1. The fourth-order valence-corrected chi connectivity index (χ4v) is 4.24. The van der Waals surface area contributed by atoms with Crippen LogP contribution in [0.1, 0.15) is 13.3 Å². The lowest BCUT2D eigenvalue weighted by atomic mass is 10.1. The Kier molecular flexibility index (Phi) is 3.38. The van der Waals surface area contributed by atoms with Crippen LogP contribution in [0, 0.1) is 0 Å². The van der Waals surface area contributed by atoms with Gasteiger partial charge in [-0.15, -0.1) is 0 Å². The standard InChI is InChI=1S/C16H16ClN5O3/c1-15-16(4-6-25-15)21(2)13(14(24)22(15)16)11(17)7-10(8-23)20-12-3-5-18-9-19-12/h3,5,7-9H,4,6H2,1-2H3,(H,18,19,20)/b10-7+,13-11+. The van der Waals surface area contributed by atoms with E-state index in [4.69, 9.17) is 16.3 Å². The van der Waals surface area contributed by atoms with E-state index in [2.05, 4.69) is 15.3 Å². The smallest absolute Gasteiger partial charge is 0.276 e. The number of rotatable bonds is 4. The SMILES string of the molecule is CN1/C(=C(Cl)\C=C(/C=O)Nc2ccncn2)C(=O)N2C3(C)OCCC123. The molecule has 3 aliphatic rings. The number of nitrogens with zero attached hydrogens (tertiary/aromatic N) is 4. The zero-order valence-electron chi connectivity index (χ0n) is 13.7. The Hall–Kier alpha value is -2.45. The van der Waals surface area contributed by atoms with Gasteiger partial charge in [-0.25, -0.2) is 9.97 Å². The van der Waals surface area contributed by atoms with Crippen molar-refractivity contribution < 1.29 is 14.3 Å². The summed E-state index contributed by atoms with van der Waals surface area (Å²) in [5.41, 5.74) is -0.505. The van der Waals surface area contributed by atoms with E-state index in [9.17, 15) is 9.59 Å². The third-order valence-electron chi connectivity index (χ3n) is 5.11. The molecule has 25 heavy (non-hydrogen) atoms. The monoisotopic (exact) mass is 361 g/mol. The number of likely N-dealkylation sites (N-methyl/N-ethyl adjacent to an activating group) is 1. The Morgan fingerprint density at radius 2 is 2.32 bits per heavy atom. The summed E-state index contributed by atoms with van der Waals surface area (Å²) in [4.78, 5) is 35.4. The fraction of sp³-hybridized carbons (Fsp3) is 0.375. The van der Waals surface area contributed by atoms with Crippen molar-refractivity contribution in [3.05, 3.63) is 41.1 Å². The Morgan fingerprint density at radius 1 is 1.52 bits per heavy atom. The summed E-state index contributed by atoms with van der Waals surface area (Å²) < 4.78 is 5.72. The van der Waals surface area contributed by atoms with Crippen LogP contribution in [0.5, 0.6) is 0 Å². The first-order chi connectivity index (χ1) is 12.0. The predicted octanol–water partition coefficient (Wildman–Crippen LogP) is 1.04. The highest BCUT2D eigenvalue weighted by Crippen LogP contribution is 2.65. The predicted molar refractivity (Wildman–Crippen MR) is 89.0 cm³/mol. The van der Waals surface area contributed by atoms with E-state index in [-0.39, 0.29) is 16.6 Å². The number of carbonyl (C=O) groups excluding carboxylic acids is 2. The number of aromatic nitrogens is 2. The Labute approximate surface area is 149 Å². The third kappa shape index (κ3) is 1.98. The van der Waals surface area contributed by atoms with Gasteiger partial charge < -0.3 is 15.0 Å². The van der Waals surface area contributed by atoms with Crippen LogP contribution >= 0.6 is 11.6 Å². The van der Waals surface area contributed by atoms with Gasteiger partial charge in [-0.3, -0.25) is 14.5 Å². The van der Waals surface area contributed by atoms with Crippen molar-refractivity contribution in [2.75, 3.05) is 19.0 Å². The molecule has 9 heteroatoms. The number of piperazine rings is 1. The van der Waals surface area contributed by atoms with E-state index >= 15 is 0 Å². The molecule has 4 rings (SSSR count). The molecule has 8 nitrogen and oxygen atoms in total. The first-order valence-corrected chi connectivity index (χ1v) is 8.15. The Morgan fingerprint density at radius 3 is 2.96 bits per heavy atom. The molecule has 3 saturated heterocycles. The van der Waals surface area contributed by atoms with Gasteiger partial charge in [-0.2, -0.15) is 0 Å². The fourth-order valence-electron chi connectivity index (χ4n) is 3.91. The number of nitrogens with one attached hydrogen (secondary N) is 1. The Balaban J connectivity index is 1.64. The number of allylic oxidation sites excluding steroid dienone is 3. The van der Waals surface area contributed by atoms with Crippen LogP contribution in [-0.4, -0.2) is 57.0 Å². The molecular weight excluding hydrogens is 346 g/mol. The van der Waals surface area contributed by atoms with Gasteiger partial charge in [-0.1, -0.05) is 11.6 Å². The van der Waals surface area contributed by atoms with E-state index in [1.54, 1.807) is 17.2 Å². The number of amides is 1. The average molecular weight is 362 g/mol. The summed E-state index contributed by atoms with van der Waals surface area (Å²) in [5.74, 6) is 0.258. The quantitative estimate of drug-likeness (QED) is 0.487. The summed E-state index contributed by atoms with van der Waals surface area (Å²) in [5, 5.41) is 3.03. The maximum atomic E-state index is 12.7. The van der Waals surface area contributed by atoms with Crippen LogP contribution in [0.2, 0.25) is 0 Å². The van der Waals surface area contributed by atoms with Crippen LogP contribution < -0.4 is 5.32 Å². The first-order valence-electron chi connectivity index (χ1n) is 7.78. The molecule has 0 bridgehead atoms. The van der Waals surface area contributed by atoms with Gasteiger partial charge in [0.1, 0.15) is 17.8 Å². The number of aldehydes is 1. The van der Waals surface area contributed by atoms with Gasteiger partial charge in [0.25, 0.3) is 5.91 Å². The maximum absolute atomic E-state index is 12.7. The molecule has 0 aliphatic carbocycles. The largest absolute Gasteiger partial charge is 0.351 e. The van der Waals surface area contributed by atoms with Gasteiger partial charge in [0.05, 0.1) is 17.3 Å². The number of halogens is 1. The zero-order chi connectivity index (χ0) is 17.8. The molecule has 3 aliphatic heterocycles. The van der Waals surface area contributed by atoms with Crippen LogP contribution in [0.25, 0.3) is 0 Å². The molecule has 1 N–H and O–H groups in total. The molecule has 3 fully saturated rings. The lowest BCUT2D eigenvalue weighted by Gasteiger charge is -2.24. The molecule has 1 aromatic heterocycles. The zero-order valence-corrected chi connectivity index (χ0v) is 14.4. The highest BCUT2D eigenvalue weighted by atomic mass is 35.5. The number of ether oxygens (including phenoxy) is 1. The van der Waals surface area contributed by atoms with E-state index in [1.165, 1.54) is 12.4 Å². The van der Waals surface area contributed by atoms with Crippen LogP contribution in [-0.2, 0) is 14.3 Å². The van der Waals surface area contributed by atoms with Crippen molar-refractivity contribution in [2.24, 2.45) is 0 Å². The van der Waals surface area contributed by atoms with Gasteiger partial charge in [0.15, 0.2) is 17.7 Å². The molecule has 1 aromatic rings. The van der Waals surface area contributed by atoms with Crippen molar-refractivity contribution in [2.45, 2.75) is 24.7 Å². The topological polar surface area (TPSA) is 87.4 Å². The molecular formula is C16H16ClN5O3. The molecule has 2 unspecified atom stereocenters. The first kappa shape index (κ1) is 16.0. The number of fused-ring (bicyclic) bond motifs is 1. The highest BCUT2D eigenvalue weighted by molar-refractivity contribution is 6.34. The highest BCUT2D eigenvalue weighted by Gasteiger charge is 2.85. The average Bonchev–Trinajstić information content (AvgIpc) is 2.82. The van der Waals surface area contributed by atoms with Crippen LogP contribution in [0.4, 0.5) is 5.82 Å². The lowest BCUT2D eigenvalue weighted by Crippen LogP contribution is -2.37. The summed E-state index contributed by atoms with van der Waals surface area (Å²) in [6.07, 6.45) is 5.68. The summed E-state index contributed by atoms with van der Waals surface area (Å²) >= 11 is 6.38. The van der Waals surface area contributed by atoms with Gasteiger partial charge >= 0.3 is 0 Å². The van der Waals surface area contributed by atoms with Crippen molar-refractivity contribution in [1.29, 1.82) is 0 Å². The van der Waals surface area contributed by atoms with E-state index in [0.29, 0.717) is 24.4 Å². The lowest BCUT2D eigenvalue weighted by molar-refractivity contribution is -0.127. The molecule has 4 heterocycles. The third-order valence-corrected chi connectivity index (χ3v) is 5.40. The minimum absolute atomic E-state index is 0.187. The number of carbonyl (C=O) groups is 2. The van der Waals surface area contributed by atoms with Gasteiger partial charge in [-0.05, 0) is 19.1 Å². The normalized spacial score (nSPS) is 32.4. The number of hydrogen-bond acceptors (Lipinski definition) is 7. The summed E-state index contributed by atoms with van der Waals surface area (Å²) in [7, 11) is 1.82. The molecule has 0 saturated carbocycles. The van der Waals surface area contributed by atoms with Crippen molar-refractivity contribution in [3.8, 4) is 0 Å². The van der Waals surface area contributed by atoms with Crippen molar-refractivity contribution >= 4 is 29.6 Å². The second-order valence-corrected chi connectivity index (χ2v) is 6.64. The van der Waals surface area contributed by atoms with Crippen LogP contribution in [0.3, 0.4) is 0 Å². The Bertz CT molecular complexity index is 826. The molecule has 130 valence electrons. The number of anilines is 1. The minimum Gasteiger partial charge on any atom is -0.351 e. The molecule has 1 amide bonds. The van der Waals surface area contributed by atoms with E-state index < -0.39 is 11.4 Å². The van der Waals surface area contributed by atoms with Crippen molar-refractivity contribution in [3.63, 3.8) is 0 Å². The molecule has 0 radical (unpaired) electrons. The van der Waals surface area contributed by atoms with E-state index in [0.717, 1.165) is 6.42 Å². The van der Waals surface area contributed by atoms with Gasteiger partial charge in [0.2, 0.25) is 0 Å². The molecule has 1 spiro atoms. The second kappa shape index (κ2) is 5.27. The minimum atomic E-state index is -0.587. The second-order valence-electron chi connectivity index (χ2n) is 6.23. The molecule has 0 aromatic carbocycles. The van der Waals surface area contributed by atoms with Crippen molar-refractivity contribution in [1.82, 2.24) is 19.8 Å². The summed E-state index contributed by atoms with van der Waals surface area (Å²) in [6, 6.07) is 1.62.